The fraction of sp³-hybridized carbons (Fsp3) is 0.391. The van der Waals surface area contributed by atoms with E-state index in [4.69, 9.17) is 0 Å². The highest BCUT2D eigenvalue weighted by molar-refractivity contribution is 5.96. The van der Waals surface area contributed by atoms with Crippen molar-refractivity contribution in [3.63, 3.8) is 0 Å². The lowest BCUT2D eigenvalue weighted by Gasteiger charge is -2.39. The molecule has 152 valence electrons. The summed E-state index contributed by atoms with van der Waals surface area (Å²) in [6.45, 7) is 2.33. The molecule has 4 rings (SSSR count). The number of Topliss-reactive ketones (excluding diaryl/α,β-unsaturated/α-hetero) is 1. The molecular formula is C23H26FN3O2. The minimum atomic E-state index is -0.234. The van der Waals surface area contributed by atoms with E-state index in [9.17, 15) is 14.0 Å². The van der Waals surface area contributed by atoms with Crippen molar-refractivity contribution in [2.75, 3.05) is 5.32 Å². The van der Waals surface area contributed by atoms with Crippen LogP contribution in [0.25, 0.3) is 0 Å². The van der Waals surface area contributed by atoms with Gasteiger partial charge in [-0.2, -0.15) is 0 Å². The maximum absolute atomic E-state index is 13.1. The summed E-state index contributed by atoms with van der Waals surface area (Å²) in [5, 5.41) is 5.94. The minimum absolute atomic E-state index is 0.0286. The van der Waals surface area contributed by atoms with E-state index in [2.05, 4.69) is 15.5 Å². The SMILES string of the molecule is CC(=O)c1cccc(NC(=O)NC2C[C@H]3CC[C@H](C2)N3Cc2ccc(F)cc2)c1. The zero-order valence-corrected chi connectivity index (χ0v) is 16.5. The van der Waals surface area contributed by atoms with Crippen molar-refractivity contribution in [2.45, 2.75) is 57.3 Å². The monoisotopic (exact) mass is 395 g/mol. The first-order valence-electron chi connectivity index (χ1n) is 10.2. The Morgan fingerprint density at radius 2 is 1.76 bits per heavy atom. The summed E-state index contributed by atoms with van der Waals surface area (Å²) in [4.78, 5) is 26.4. The van der Waals surface area contributed by atoms with Gasteiger partial charge in [0.1, 0.15) is 5.82 Å². The van der Waals surface area contributed by atoms with Crippen LogP contribution in [0.15, 0.2) is 48.5 Å². The Kier molecular flexibility index (Phi) is 5.62. The summed E-state index contributed by atoms with van der Waals surface area (Å²) in [7, 11) is 0. The predicted octanol–water partition coefficient (Wildman–Crippen LogP) is 4.35. The summed E-state index contributed by atoms with van der Waals surface area (Å²) in [6, 6.07) is 14.5. The first kappa shape index (κ1) is 19.6. The second kappa shape index (κ2) is 8.33. The summed E-state index contributed by atoms with van der Waals surface area (Å²) in [5.74, 6) is -0.237. The number of piperidine rings is 1. The molecule has 2 aromatic rings. The number of nitrogens with zero attached hydrogens (tertiary/aromatic N) is 1. The molecule has 6 heteroatoms. The number of hydrogen-bond donors (Lipinski definition) is 2. The van der Waals surface area contributed by atoms with E-state index in [1.807, 2.05) is 12.1 Å². The normalized spacial score (nSPS) is 23.6. The maximum Gasteiger partial charge on any atom is 0.319 e. The second-order valence-electron chi connectivity index (χ2n) is 8.09. The number of carbonyl (C=O) groups is 2. The van der Waals surface area contributed by atoms with Gasteiger partial charge in [-0.05, 0) is 62.4 Å². The van der Waals surface area contributed by atoms with Gasteiger partial charge < -0.3 is 10.6 Å². The largest absolute Gasteiger partial charge is 0.335 e. The third kappa shape index (κ3) is 4.65. The molecule has 2 fully saturated rings. The molecule has 0 saturated carbocycles. The molecule has 0 spiro atoms. The van der Waals surface area contributed by atoms with Gasteiger partial charge in [-0.1, -0.05) is 24.3 Å². The number of urea groups is 1. The van der Waals surface area contributed by atoms with Gasteiger partial charge in [-0.15, -0.1) is 0 Å². The molecule has 2 heterocycles. The first-order chi connectivity index (χ1) is 14.0. The molecule has 2 atom stereocenters. The van der Waals surface area contributed by atoms with E-state index in [0.717, 1.165) is 37.8 Å². The van der Waals surface area contributed by atoms with Crippen LogP contribution >= 0.6 is 0 Å². The molecule has 0 aromatic heterocycles. The number of rotatable bonds is 5. The zero-order chi connectivity index (χ0) is 20.4. The van der Waals surface area contributed by atoms with E-state index in [-0.39, 0.29) is 23.7 Å². The number of benzene rings is 2. The van der Waals surface area contributed by atoms with E-state index >= 15 is 0 Å². The van der Waals surface area contributed by atoms with Gasteiger partial charge in [0.05, 0.1) is 0 Å². The van der Waals surface area contributed by atoms with Gasteiger partial charge in [0.2, 0.25) is 0 Å². The fourth-order valence-corrected chi connectivity index (χ4v) is 4.62. The van der Waals surface area contributed by atoms with Crippen molar-refractivity contribution < 1.29 is 14.0 Å². The molecule has 2 saturated heterocycles. The highest BCUT2D eigenvalue weighted by Gasteiger charge is 2.40. The van der Waals surface area contributed by atoms with Crippen molar-refractivity contribution in [3.8, 4) is 0 Å². The van der Waals surface area contributed by atoms with E-state index in [1.165, 1.54) is 19.1 Å². The standard InChI is InChI=1S/C23H26FN3O2/c1-15(28)17-3-2-4-19(11-17)25-23(29)26-20-12-21-9-10-22(13-20)27(21)14-16-5-7-18(24)8-6-16/h2-8,11,20-22H,9-10,12-14H2,1H3,(H2,25,26,29)/t21-,22-/m1/s1. The van der Waals surface area contributed by atoms with Gasteiger partial charge >= 0.3 is 6.03 Å². The number of ketones is 1. The van der Waals surface area contributed by atoms with Gasteiger partial charge in [-0.3, -0.25) is 9.69 Å². The van der Waals surface area contributed by atoms with Crippen LogP contribution in [-0.4, -0.2) is 34.8 Å². The molecule has 2 aliphatic rings. The van der Waals surface area contributed by atoms with E-state index in [0.29, 0.717) is 23.3 Å². The minimum Gasteiger partial charge on any atom is -0.335 e. The van der Waals surface area contributed by atoms with E-state index < -0.39 is 0 Å². The Morgan fingerprint density at radius 3 is 2.41 bits per heavy atom. The third-order valence-corrected chi connectivity index (χ3v) is 6.02. The summed E-state index contributed by atoms with van der Waals surface area (Å²) < 4.78 is 13.1. The lowest BCUT2D eigenvalue weighted by atomic mass is 9.96. The molecule has 0 aliphatic carbocycles. The highest BCUT2D eigenvalue weighted by atomic mass is 19.1. The average molecular weight is 395 g/mol. The number of anilines is 1. The van der Waals surface area contributed by atoms with Crippen molar-refractivity contribution in [3.05, 3.63) is 65.5 Å². The second-order valence-corrected chi connectivity index (χ2v) is 8.09. The first-order valence-corrected chi connectivity index (χ1v) is 10.2. The Bertz CT molecular complexity index is 885. The lowest BCUT2D eigenvalue weighted by molar-refractivity contribution is 0.101. The Labute approximate surface area is 170 Å². The highest BCUT2D eigenvalue weighted by Crippen LogP contribution is 2.36. The van der Waals surface area contributed by atoms with Crippen molar-refractivity contribution in [2.24, 2.45) is 0 Å². The molecule has 29 heavy (non-hydrogen) atoms. The van der Waals surface area contributed by atoms with Crippen molar-refractivity contribution in [1.82, 2.24) is 10.2 Å². The maximum atomic E-state index is 13.1. The van der Waals surface area contributed by atoms with Crippen LogP contribution in [0.1, 0.15) is 48.5 Å². The summed E-state index contributed by atoms with van der Waals surface area (Å²) in [5.41, 5.74) is 2.32. The Morgan fingerprint density at radius 1 is 1.07 bits per heavy atom. The number of fused-ring (bicyclic) bond motifs is 2. The van der Waals surface area contributed by atoms with E-state index in [1.54, 1.807) is 24.3 Å². The number of nitrogens with one attached hydrogen (secondary N) is 2. The molecule has 2 aromatic carbocycles. The molecule has 2 aliphatic heterocycles. The molecule has 2 amide bonds. The molecule has 0 radical (unpaired) electrons. The van der Waals surface area contributed by atoms with Crippen LogP contribution in [0, 0.1) is 5.82 Å². The van der Waals surface area contributed by atoms with Crippen molar-refractivity contribution in [1.29, 1.82) is 0 Å². The number of halogens is 1. The van der Waals surface area contributed by atoms with Gasteiger partial charge in [0.15, 0.2) is 5.78 Å². The Hall–Kier alpha value is -2.73. The van der Waals surface area contributed by atoms with Crippen LogP contribution in [0.2, 0.25) is 0 Å². The zero-order valence-electron chi connectivity index (χ0n) is 16.5. The quantitative estimate of drug-likeness (QED) is 0.740. The molecule has 0 unspecified atom stereocenters. The molecule has 2 bridgehead atoms. The van der Waals surface area contributed by atoms with Crippen LogP contribution < -0.4 is 10.6 Å². The molecule has 2 N–H and O–H groups in total. The van der Waals surface area contributed by atoms with Crippen LogP contribution in [0.3, 0.4) is 0 Å². The third-order valence-electron chi connectivity index (χ3n) is 6.02. The van der Waals surface area contributed by atoms with Gasteiger partial charge in [0, 0.05) is 35.9 Å². The molecular weight excluding hydrogens is 369 g/mol. The van der Waals surface area contributed by atoms with Crippen LogP contribution in [0.4, 0.5) is 14.9 Å². The van der Waals surface area contributed by atoms with Crippen LogP contribution in [0.5, 0.6) is 0 Å². The Balaban J connectivity index is 1.33. The van der Waals surface area contributed by atoms with Gasteiger partial charge in [-0.25, -0.2) is 9.18 Å². The number of hydrogen-bond acceptors (Lipinski definition) is 3. The molecule has 5 nitrogen and oxygen atoms in total. The number of amides is 2. The summed E-state index contributed by atoms with van der Waals surface area (Å²) >= 11 is 0. The average Bonchev–Trinajstić information content (AvgIpc) is 2.92. The van der Waals surface area contributed by atoms with Crippen molar-refractivity contribution >= 4 is 17.5 Å². The topological polar surface area (TPSA) is 61.4 Å². The predicted molar refractivity (Wildman–Crippen MR) is 110 cm³/mol. The van der Waals surface area contributed by atoms with Gasteiger partial charge in [0.25, 0.3) is 0 Å². The van der Waals surface area contributed by atoms with Crippen LogP contribution in [-0.2, 0) is 6.54 Å². The smallest absolute Gasteiger partial charge is 0.319 e. The fourth-order valence-electron chi connectivity index (χ4n) is 4.62. The number of carbonyl (C=O) groups excluding carboxylic acids is 2. The lowest BCUT2D eigenvalue weighted by Crippen LogP contribution is -2.50. The summed E-state index contributed by atoms with van der Waals surface area (Å²) in [6.07, 6.45) is 4.09.